The Morgan fingerprint density at radius 1 is 1.16 bits per heavy atom. The summed E-state index contributed by atoms with van der Waals surface area (Å²) in [7, 11) is 0. The Labute approximate surface area is 146 Å². The van der Waals surface area contributed by atoms with Gasteiger partial charge in [0, 0.05) is 24.3 Å². The maximum Gasteiger partial charge on any atom is 0.417 e. The molecule has 2 rings (SSSR count). The number of rotatable bonds is 6. The van der Waals surface area contributed by atoms with Crippen LogP contribution >= 0.6 is 11.6 Å². The van der Waals surface area contributed by atoms with Crippen LogP contribution in [0.2, 0.25) is 5.02 Å². The molecular weight excluding hydrogens is 362 g/mol. The zero-order chi connectivity index (χ0) is 18.4. The number of amides is 1. The first-order valence-corrected chi connectivity index (χ1v) is 7.65. The smallest absolute Gasteiger partial charge is 0.370 e. The van der Waals surface area contributed by atoms with Gasteiger partial charge in [0.1, 0.15) is 11.6 Å². The molecule has 0 spiro atoms. The second kappa shape index (κ2) is 8.15. The van der Waals surface area contributed by atoms with Gasteiger partial charge in [-0.2, -0.15) is 13.2 Å². The van der Waals surface area contributed by atoms with E-state index >= 15 is 0 Å². The van der Waals surface area contributed by atoms with Crippen molar-refractivity contribution >= 4 is 23.3 Å². The second-order valence-corrected chi connectivity index (χ2v) is 5.53. The maximum atomic E-state index is 13.6. The van der Waals surface area contributed by atoms with Crippen LogP contribution in [0, 0.1) is 5.82 Å². The van der Waals surface area contributed by atoms with E-state index < -0.39 is 23.5 Å². The summed E-state index contributed by atoms with van der Waals surface area (Å²) in [6, 6.07) is 5.91. The molecule has 0 bridgehead atoms. The van der Waals surface area contributed by atoms with E-state index in [1.807, 2.05) is 0 Å². The molecule has 0 saturated carbocycles. The number of anilines is 1. The van der Waals surface area contributed by atoms with Crippen molar-refractivity contribution in [3.05, 3.63) is 58.5 Å². The molecule has 25 heavy (non-hydrogen) atoms. The Morgan fingerprint density at radius 2 is 1.92 bits per heavy atom. The summed E-state index contributed by atoms with van der Waals surface area (Å²) in [5.41, 5.74) is -0.933. The number of alkyl halides is 3. The van der Waals surface area contributed by atoms with Crippen molar-refractivity contribution in [3.8, 4) is 0 Å². The third-order valence-corrected chi connectivity index (χ3v) is 3.45. The van der Waals surface area contributed by atoms with Gasteiger partial charge in [0.25, 0.3) is 5.91 Å². The van der Waals surface area contributed by atoms with Gasteiger partial charge in [-0.05, 0) is 36.8 Å². The van der Waals surface area contributed by atoms with Crippen LogP contribution in [-0.2, 0) is 6.18 Å². The minimum Gasteiger partial charge on any atom is -0.370 e. The topological polar surface area (TPSA) is 54.0 Å². The number of nitrogens with zero attached hydrogens (tertiary/aromatic N) is 1. The number of aromatic nitrogens is 1. The molecule has 0 unspecified atom stereocenters. The van der Waals surface area contributed by atoms with Crippen LogP contribution in [0.1, 0.15) is 22.3 Å². The average molecular weight is 376 g/mol. The Balaban J connectivity index is 1.73. The summed E-state index contributed by atoms with van der Waals surface area (Å²) in [6.45, 7) is 0.635. The van der Waals surface area contributed by atoms with Gasteiger partial charge in [-0.3, -0.25) is 4.79 Å². The number of nitrogens with one attached hydrogen (secondary N) is 2. The summed E-state index contributed by atoms with van der Waals surface area (Å²) < 4.78 is 50.8. The van der Waals surface area contributed by atoms with E-state index in [0.717, 1.165) is 18.3 Å². The number of hydrogen-bond acceptors (Lipinski definition) is 3. The van der Waals surface area contributed by atoms with E-state index in [1.165, 1.54) is 18.2 Å². The number of benzene rings is 1. The van der Waals surface area contributed by atoms with Crippen LogP contribution in [-0.4, -0.2) is 24.0 Å². The monoisotopic (exact) mass is 375 g/mol. The van der Waals surface area contributed by atoms with Gasteiger partial charge in [0.15, 0.2) is 0 Å². The minimum atomic E-state index is -4.42. The quantitative estimate of drug-likeness (QED) is 0.589. The fourth-order valence-corrected chi connectivity index (χ4v) is 2.10. The van der Waals surface area contributed by atoms with Crippen molar-refractivity contribution in [1.82, 2.24) is 10.3 Å². The molecule has 1 amide bonds. The first kappa shape index (κ1) is 19.0. The van der Waals surface area contributed by atoms with Crippen LogP contribution in [0.15, 0.2) is 36.5 Å². The number of pyridine rings is 1. The minimum absolute atomic E-state index is 0.109. The molecule has 0 fully saturated rings. The molecule has 0 aliphatic heterocycles. The molecule has 2 N–H and O–H groups in total. The Morgan fingerprint density at radius 3 is 2.52 bits per heavy atom. The van der Waals surface area contributed by atoms with E-state index in [0.29, 0.717) is 18.8 Å². The van der Waals surface area contributed by atoms with Crippen molar-refractivity contribution in [2.75, 3.05) is 18.4 Å². The van der Waals surface area contributed by atoms with Gasteiger partial charge in [0.05, 0.1) is 11.1 Å². The van der Waals surface area contributed by atoms with Gasteiger partial charge >= 0.3 is 6.18 Å². The molecule has 0 atom stereocenters. The highest BCUT2D eigenvalue weighted by atomic mass is 35.5. The van der Waals surface area contributed by atoms with Crippen LogP contribution in [0.5, 0.6) is 0 Å². The van der Waals surface area contributed by atoms with Crippen molar-refractivity contribution in [1.29, 1.82) is 0 Å². The number of carbonyl (C=O) groups excluding carboxylic acids is 1. The molecule has 2 aromatic rings. The number of carbonyl (C=O) groups is 1. The van der Waals surface area contributed by atoms with Crippen molar-refractivity contribution in [2.45, 2.75) is 12.6 Å². The predicted octanol–water partition coefficient (Wildman–Crippen LogP) is 4.12. The molecule has 0 aliphatic carbocycles. The lowest BCUT2D eigenvalue weighted by molar-refractivity contribution is -0.137. The zero-order valence-corrected chi connectivity index (χ0v) is 13.6. The van der Waals surface area contributed by atoms with E-state index in [4.69, 9.17) is 11.6 Å². The first-order chi connectivity index (χ1) is 11.8. The Hall–Kier alpha value is -2.35. The standard InChI is InChI=1S/C16H14ClF4N3O/c17-11-3-4-12(13(18)8-11)15(25)23-7-1-6-22-14-5-2-10(9-24-14)16(19,20)21/h2-5,8-9H,1,6-7H2,(H,22,24)(H,23,25). The van der Waals surface area contributed by atoms with E-state index in [2.05, 4.69) is 15.6 Å². The molecule has 134 valence electrons. The fourth-order valence-electron chi connectivity index (χ4n) is 1.94. The number of halogens is 5. The van der Waals surface area contributed by atoms with E-state index in [-0.39, 0.29) is 17.1 Å². The summed E-state index contributed by atoms with van der Waals surface area (Å²) in [5, 5.41) is 5.57. The molecular formula is C16H14ClF4N3O. The zero-order valence-electron chi connectivity index (χ0n) is 12.8. The molecule has 0 radical (unpaired) electrons. The number of hydrogen-bond donors (Lipinski definition) is 2. The van der Waals surface area contributed by atoms with Crippen LogP contribution in [0.3, 0.4) is 0 Å². The largest absolute Gasteiger partial charge is 0.417 e. The molecule has 0 aliphatic rings. The van der Waals surface area contributed by atoms with Crippen molar-refractivity contribution in [3.63, 3.8) is 0 Å². The summed E-state index contributed by atoms with van der Waals surface area (Å²) in [6.07, 6.45) is -3.20. The van der Waals surface area contributed by atoms with Crippen LogP contribution in [0.25, 0.3) is 0 Å². The Kier molecular flexibility index (Phi) is 6.19. The third kappa shape index (κ3) is 5.60. The lowest BCUT2D eigenvalue weighted by Crippen LogP contribution is -2.26. The van der Waals surface area contributed by atoms with Gasteiger partial charge < -0.3 is 10.6 Å². The third-order valence-electron chi connectivity index (χ3n) is 3.21. The lowest BCUT2D eigenvalue weighted by Gasteiger charge is -2.09. The van der Waals surface area contributed by atoms with Crippen LogP contribution < -0.4 is 10.6 Å². The highest BCUT2D eigenvalue weighted by molar-refractivity contribution is 6.30. The van der Waals surface area contributed by atoms with Gasteiger partial charge in [-0.15, -0.1) is 0 Å². The first-order valence-electron chi connectivity index (χ1n) is 7.28. The van der Waals surface area contributed by atoms with Crippen molar-refractivity contribution < 1.29 is 22.4 Å². The Bertz CT molecular complexity index is 735. The molecule has 1 aromatic heterocycles. The van der Waals surface area contributed by atoms with E-state index in [9.17, 15) is 22.4 Å². The molecule has 1 heterocycles. The average Bonchev–Trinajstić information content (AvgIpc) is 2.54. The molecule has 1 aromatic carbocycles. The maximum absolute atomic E-state index is 13.6. The predicted molar refractivity (Wildman–Crippen MR) is 86.1 cm³/mol. The molecule has 9 heteroatoms. The van der Waals surface area contributed by atoms with Gasteiger partial charge in [-0.1, -0.05) is 11.6 Å². The van der Waals surface area contributed by atoms with E-state index in [1.54, 1.807) is 0 Å². The summed E-state index contributed by atoms with van der Waals surface area (Å²) in [4.78, 5) is 15.5. The summed E-state index contributed by atoms with van der Waals surface area (Å²) in [5.74, 6) is -0.984. The second-order valence-electron chi connectivity index (χ2n) is 5.09. The highest BCUT2D eigenvalue weighted by Crippen LogP contribution is 2.28. The molecule has 4 nitrogen and oxygen atoms in total. The normalized spacial score (nSPS) is 11.2. The SMILES string of the molecule is O=C(NCCCNc1ccc(C(F)(F)F)cn1)c1ccc(Cl)cc1F. The lowest BCUT2D eigenvalue weighted by atomic mass is 10.2. The fraction of sp³-hybridized carbons (Fsp3) is 0.250. The van der Waals surface area contributed by atoms with Crippen molar-refractivity contribution in [2.24, 2.45) is 0 Å². The molecule has 0 saturated heterocycles. The van der Waals surface area contributed by atoms with Gasteiger partial charge in [-0.25, -0.2) is 9.37 Å². The summed E-state index contributed by atoms with van der Waals surface area (Å²) >= 11 is 5.61. The highest BCUT2D eigenvalue weighted by Gasteiger charge is 2.30. The van der Waals surface area contributed by atoms with Crippen LogP contribution in [0.4, 0.5) is 23.4 Å². The van der Waals surface area contributed by atoms with Gasteiger partial charge in [0.2, 0.25) is 0 Å².